The average Bonchev–Trinajstić information content (AvgIpc) is 2.33. The van der Waals surface area contributed by atoms with Gasteiger partial charge in [0.1, 0.15) is 0 Å². The van der Waals surface area contributed by atoms with E-state index in [-0.39, 0.29) is 10.6 Å². The van der Waals surface area contributed by atoms with E-state index in [1.807, 2.05) is 12.1 Å². The summed E-state index contributed by atoms with van der Waals surface area (Å²) >= 11 is 0. The van der Waals surface area contributed by atoms with Gasteiger partial charge in [-0.3, -0.25) is 15.0 Å². The van der Waals surface area contributed by atoms with Gasteiger partial charge >= 0.3 is 0 Å². The lowest BCUT2D eigenvalue weighted by atomic mass is 9.99. The van der Waals surface area contributed by atoms with E-state index < -0.39 is 0 Å². The SMILES string of the molecule is CC1CCN(Cc2ccc([N+](=O)[O-])cc2)CC1. The molecule has 1 heterocycles. The summed E-state index contributed by atoms with van der Waals surface area (Å²) in [7, 11) is 0. The quantitative estimate of drug-likeness (QED) is 0.596. The van der Waals surface area contributed by atoms with Crippen LogP contribution < -0.4 is 0 Å². The van der Waals surface area contributed by atoms with Crippen molar-refractivity contribution < 1.29 is 4.92 Å². The third-order valence-electron chi connectivity index (χ3n) is 3.43. The van der Waals surface area contributed by atoms with Crippen LogP contribution in [0.2, 0.25) is 0 Å². The van der Waals surface area contributed by atoms with Gasteiger partial charge in [0.25, 0.3) is 5.69 Å². The molecule has 1 saturated heterocycles. The van der Waals surface area contributed by atoms with Crippen LogP contribution in [0.3, 0.4) is 0 Å². The first-order valence-corrected chi connectivity index (χ1v) is 6.11. The van der Waals surface area contributed by atoms with Gasteiger partial charge in [0.15, 0.2) is 0 Å². The maximum atomic E-state index is 10.5. The number of nitro benzene ring substituents is 1. The van der Waals surface area contributed by atoms with Crippen LogP contribution in [0.15, 0.2) is 24.3 Å². The van der Waals surface area contributed by atoms with E-state index in [1.54, 1.807) is 12.1 Å². The minimum atomic E-state index is -0.355. The van der Waals surface area contributed by atoms with Gasteiger partial charge in [-0.25, -0.2) is 0 Å². The number of benzene rings is 1. The molecule has 0 unspecified atom stereocenters. The Morgan fingerprint density at radius 3 is 2.41 bits per heavy atom. The summed E-state index contributed by atoms with van der Waals surface area (Å²) in [6.07, 6.45) is 2.51. The van der Waals surface area contributed by atoms with Gasteiger partial charge in [0.05, 0.1) is 4.92 Å². The smallest absolute Gasteiger partial charge is 0.269 e. The van der Waals surface area contributed by atoms with Crippen LogP contribution in [-0.4, -0.2) is 22.9 Å². The number of rotatable bonds is 3. The normalized spacial score (nSPS) is 18.2. The molecule has 0 radical (unpaired) electrons. The third-order valence-corrected chi connectivity index (χ3v) is 3.43. The number of non-ortho nitro benzene ring substituents is 1. The minimum Gasteiger partial charge on any atom is -0.299 e. The summed E-state index contributed by atoms with van der Waals surface area (Å²) in [5.74, 6) is 0.836. The van der Waals surface area contributed by atoms with Crippen LogP contribution >= 0.6 is 0 Å². The standard InChI is InChI=1S/C13H18N2O2/c1-11-6-8-14(9-7-11)10-12-2-4-13(5-3-12)15(16)17/h2-5,11H,6-10H2,1H3. The molecule has 0 aliphatic carbocycles. The van der Waals surface area contributed by atoms with Crippen LogP contribution in [0.25, 0.3) is 0 Å². The van der Waals surface area contributed by atoms with Crippen molar-refractivity contribution in [2.24, 2.45) is 5.92 Å². The second kappa shape index (κ2) is 5.27. The molecule has 1 aromatic carbocycles. The highest BCUT2D eigenvalue weighted by atomic mass is 16.6. The van der Waals surface area contributed by atoms with Crippen LogP contribution in [0.1, 0.15) is 25.3 Å². The summed E-state index contributed by atoms with van der Waals surface area (Å²) in [5.41, 5.74) is 1.33. The predicted octanol–water partition coefficient (Wildman–Crippen LogP) is 2.83. The fraction of sp³-hybridized carbons (Fsp3) is 0.538. The molecule has 17 heavy (non-hydrogen) atoms. The zero-order chi connectivity index (χ0) is 12.3. The minimum absolute atomic E-state index is 0.168. The lowest BCUT2D eigenvalue weighted by molar-refractivity contribution is -0.384. The van der Waals surface area contributed by atoms with E-state index in [2.05, 4.69) is 11.8 Å². The fourth-order valence-electron chi connectivity index (χ4n) is 2.20. The van der Waals surface area contributed by atoms with Gasteiger partial charge in [-0.1, -0.05) is 19.1 Å². The Morgan fingerprint density at radius 1 is 1.29 bits per heavy atom. The van der Waals surface area contributed by atoms with E-state index in [0.717, 1.165) is 31.1 Å². The molecular formula is C13H18N2O2. The topological polar surface area (TPSA) is 46.4 Å². The molecule has 1 aromatic rings. The summed E-state index contributed by atoms with van der Waals surface area (Å²) in [6.45, 7) is 5.48. The van der Waals surface area contributed by atoms with E-state index in [0.29, 0.717) is 0 Å². The molecular weight excluding hydrogens is 216 g/mol. The first-order chi connectivity index (χ1) is 8.15. The van der Waals surface area contributed by atoms with Crippen molar-refractivity contribution >= 4 is 5.69 Å². The third kappa shape index (κ3) is 3.27. The molecule has 0 bridgehead atoms. The van der Waals surface area contributed by atoms with Crippen LogP contribution in [0, 0.1) is 16.0 Å². The highest BCUT2D eigenvalue weighted by Gasteiger charge is 2.15. The molecule has 1 aliphatic heterocycles. The van der Waals surface area contributed by atoms with Gasteiger partial charge in [-0.15, -0.1) is 0 Å². The van der Waals surface area contributed by atoms with Gasteiger partial charge < -0.3 is 0 Å². The Labute approximate surface area is 101 Å². The molecule has 0 amide bonds. The van der Waals surface area contributed by atoms with Crippen molar-refractivity contribution in [1.29, 1.82) is 0 Å². The van der Waals surface area contributed by atoms with E-state index in [9.17, 15) is 10.1 Å². The van der Waals surface area contributed by atoms with Crippen molar-refractivity contribution in [3.63, 3.8) is 0 Å². The van der Waals surface area contributed by atoms with Crippen molar-refractivity contribution in [3.8, 4) is 0 Å². The monoisotopic (exact) mass is 234 g/mol. The Hall–Kier alpha value is -1.42. The van der Waals surface area contributed by atoms with Crippen molar-refractivity contribution in [3.05, 3.63) is 39.9 Å². The molecule has 0 aromatic heterocycles. The molecule has 4 nitrogen and oxygen atoms in total. The van der Waals surface area contributed by atoms with Gasteiger partial charge in [-0.05, 0) is 37.4 Å². The highest BCUT2D eigenvalue weighted by molar-refractivity contribution is 5.32. The fourth-order valence-corrected chi connectivity index (χ4v) is 2.20. The molecule has 1 fully saturated rings. The summed E-state index contributed by atoms with van der Waals surface area (Å²) in [6, 6.07) is 6.89. The molecule has 4 heteroatoms. The average molecular weight is 234 g/mol. The van der Waals surface area contributed by atoms with Crippen LogP contribution in [0.4, 0.5) is 5.69 Å². The molecule has 0 atom stereocenters. The second-order valence-electron chi connectivity index (χ2n) is 4.88. The van der Waals surface area contributed by atoms with Crippen molar-refractivity contribution in [1.82, 2.24) is 4.90 Å². The van der Waals surface area contributed by atoms with Crippen LogP contribution in [0.5, 0.6) is 0 Å². The number of nitrogens with zero attached hydrogens (tertiary/aromatic N) is 2. The van der Waals surface area contributed by atoms with E-state index in [4.69, 9.17) is 0 Å². The van der Waals surface area contributed by atoms with Crippen LogP contribution in [-0.2, 0) is 6.54 Å². The predicted molar refractivity (Wildman–Crippen MR) is 66.8 cm³/mol. The Morgan fingerprint density at radius 2 is 1.88 bits per heavy atom. The Kier molecular flexibility index (Phi) is 3.74. The zero-order valence-corrected chi connectivity index (χ0v) is 10.1. The Bertz CT molecular complexity index is 381. The molecule has 0 spiro atoms. The molecule has 0 saturated carbocycles. The number of nitro groups is 1. The Balaban J connectivity index is 1.92. The lowest BCUT2D eigenvalue weighted by Crippen LogP contribution is -2.32. The highest BCUT2D eigenvalue weighted by Crippen LogP contribution is 2.19. The first-order valence-electron chi connectivity index (χ1n) is 6.11. The zero-order valence-electron chi connectivity index (χ0n) is 10.1. The summed E-state index contributed by atoms with van der Waals surface area (Å²) < 4.78 is 0. The molecule has 0 N–H and O–H groups in total. The maximum absolute atomic E-state index is 10.5. The van der Waals surface area contributed by atoms with Gasteiger partial charge in [0, 0.05) is 18.7 Å². The number of piperidine rings is 1. The van der Waals surface area contributed by atoms with Crippen molar-refractivity contribution in [2.45, 2.75) is 26.3 Å². The van der Waals surface area contributed by atoms with Gasteiger partial charge in [-0.2, -0.15) is 0 Å². The second-order valence-corrected chi connectivity index (χ2v) is 4.88. The number of hydrogen-bond donors (Lipinski definition) is 0. The van der Waals surface area contributed by atoms with Gasteiger partial charge in [0.2, 0.25) is 0 Å². The number of likely N-dealkylation sites (tertiary alicyclic amines) is 1. The molecule has 2 rings (SSSR count). The largest absolute Gasteiger partial charge is 0.299 e. The maximum Gasteiger partial charge on any atom is 0.269 e. The molecule has 1 aliphatic rings. The number of hydrogen-bond acceptors (Lipinski definition) is 3. The molecule has 92 valence electrons. The lowest BCUT2D eigenvalue weighted by Gasteiger charge is -2.30. The first kappa shape index (κ1) is 12.0. The van der Waals surface area contributed by atoms with Crippen molar-refractivity contribution in [2.75, 3.05) is 13.1 Å². The van der Waals surface area contributed by atoms with E-state index in [1.165, 1.54) is 12.8 Å². The summed E-state index contributed by atoms with van der Waals surface area (Å²) in [4.78, 5) is 12.6. The summed E-state index contributed by atoms with van der Waals surface area (Å²) in [5, 5.41) is 10.5. The van der Waals surface area contributed by atoms with E-state index >= 15 is 0 Å².